The molecule has 0 unspecified atom stereocenters. The van der Waals surface area contributed by atoms with Crippen LogP contribution in [0, 0.1) is 17.6 Å². The van der Waals surface area contributed by atoms with E-state index in [0.29, 0.717) is 23.5 Å². The van der Waals surface area contributed by atoms with Gasteiger partial charge < -0.3 is 9.88 Å². The van der Waals surface area contributed by atoms with Gasteiger partial charge in [-0.2, -0.15) is 0 Å². The fourth-order valence-electron chi connectivity index (χ4n) is 1.82. The highest BCUT2D eigenvalue weighted by atomic mass is 19.2. The van der Waals surface area contributed by atoms with Crippen molar-refractivity contribution in [3.05, 3.63) is 30.1 Å². The molecule has 5 heteroatoms. The summed E-state index contributed by atoms with van der Waals surface area (Å²) < 4.78 is 28.0. The second kappa shape index (κ2) is 5.44. The van der Waals surface area contributed by atoms with E-state index in [1.807, 2.05) is 4.57 Å². The summed E-state index contributed by atoms with van der Waals surface area (Å²) in [6.45, 7) is 6.68. The summed E-state index contributed by atoms with van der Waals surface area (Å²) in [5, 5.41) is 3.30. The van der Waals surface area contributed by atoms with Gasteiger partial charge in [-0.3, -0.25) is 0 Å². The standard InChI is InChI=1S/C13H17F2N3/c1-9(2)7-16-3-4-18-8-17-12-5-10(14)11(15)6-13(12)18/h5-6,8-9,16H,3-4,7H2,1-2H3. The van der Waals surface area contributed by atoms with Gasteiger partial charge >= 0.3 is 0 Å². The van der Waals surface area contributed by atoms with Crippen LogP contribution in [0.3, 0.4) is 0 Å². The second-order valence-electron chi connectivity index (χ2n) is 4.79. The quantitative estimate of drug-likeness (QED) is 0.830. The van der Waals surface area contributed by atoms with E-state index >= 15 is 0 Å². The van der Waals surface area contributed by atoms with Crippen molar-refractivity contribution in [2.45, 2.75) is 20.4 Å². The number of benzene rings is 1. The van der Waals surface area contributed by atoms with Crippen LogP contribution in [0.4, 0.5) is 8.78 Å². The molecular formula is C13H17F2N3. The molecule has 0 saturated carbocycles. The first kappa shape index (κ1) is 13.0. The monoisotopic (exact) mass is 253 g/mol. The van der Waals surface area contributed by atoms with E-state index in [-0.39, 0.29) is 0 Å². The van der Waals surface area contributed by atoms with Gasteiger partial charge in [0.25, 0.3) is 0 Å². The number of hydrogen-bond donors (Lipinski definition) is 1. The average Bonchev–Trinajstić information content (AvgIpc) is 2.68. The topological polar surface area (TPSA) is 29.9 Å². The van der Waals surface area contributed by atoms with Crippen LogP contribution < -0.4 is 5.32 Å². The zero-order valence-corrected chi connectivity index (χ0v) is 10.6. The van der Waals surface area contributed by atoms with E-state index in [2.05, 4.69) is 24.1 Å². The maximum absolute atomic E-state index is 13.2. The molecular weight excluding hydrogens is 236 g/mol. The minimum Gasteiger partial charge on any atom is -0.329 e. The molecule has 18 heavy (non-hydrogen) atoms. The van der Waals surface area contributed by atoms with Crippen molar-refractivity contribution in [3.8, 4) is 0 Å². The van der Waals surface area contributed by atoms with E-state index in [1.165, 1.54) is 6.07 Å². The Morgan fingerprint density at radius 2 is 2.00 bits per heavy atom. The minimum atomic E-state index is -0.856. The van der Waals surface area contributed by atoms with Crippen LogP contribution in [-0.2, 0) is 6.54 Å². The van der Waals surface area contributed by atoms with Crippen molar-refractivity contribution in [2.75, 3.05) is 13.1 Å². The number of fused-ring (bicyclic) bond motifs is 1. The van der Waals surface area contributed by atoms with Gasteiger partial charge in [0.1, 0.15) is 0 Å². The Hall–Kier alpha value is -1.49. The van der Waals surface area contributed by atoms with Gasteiger partial charge in [0.15, 0.2) is 11.6 Å². The first-order chi connectivity index (χ1) is 8.58. The molecule has 0 saturated heterocycles. The van der Waals surface area contributed by atoms with Crippen molar-refractivity contribution < 1.29 is 8.78 Å². The Morgan fingerprint density at radius 3 is 2.72 bits per heavy atom. The molecule has 1 heterocycles. The summed E-state index contributed by atoms with van der Waals surface area (Å²) in [5.74, 6) is -1.10. The van der Waals surface area contributed by atoms with Crippen molar-refractivity contribution in [2.24, 2.45) is 5.92 Å². The lowest BCUT2D eigenvalue weighted by Crippen LogP contribution is -2.23. The molecule has 0 fully saturated rings. The molecule has 1 N–H and O–H groups in total. The van der Waals surface area contributed by atoms with Crippen molar-refractivity contribution >= 4 is 11.0 Å². The molecule has 98 valence electrons. The highest BCUT2D eigenvalue weighted by Gasteiger charge is 2.08. The van der Waals surface area contributed by atoms with E-state index in [1.54, 1.807) is 6.33 Å². The van der Waals surface area contributed by atoms with Crippen LogP contribution in [0.15, 0.2) is 18.5 Å². The molecule has 0 amide bonds. The predicted octanol–water partition coefficient (Wildman–Crippen LogP) is 2.56. The lowest BCUT2D eigenvalue weighted by molar-refractivity contribution is 0.509. The van der Waals surface area contributed by atoms with Crippen LogP contribution >= 0.6 is 0 Å². The summed E-state index contributed by atoms with van der Waals surface area (Å²) in [4.78, 5) is 4.06. The van der Waals surface area contributed by atoms with Crippen LogP contribution in [0.1, 0.15) is 13.8 Å². The lowest BCUT2D eigenvalue weighted by Gasteiger charge is -2.08. The van der Waals surface area contributed by atoms with Crippen molar-refractivity contribution in [1.29, 1.82) is 0 Å². The number of rotatable bonds is 5. The fraction of sp³-hybridized carbons (Fsp3) is 0.462. The molecule has 0 radical (unpaired) electrons. The third-order valence-electron chi connectivity index (χ3n) is 2.75. The number of nitrogens with zero attached hydrogens (tertiary/aromatic N) is 2. The van der Waals surface area contributed by atoms with Crippen LogP contribution in [-0.4, -0.2) is 22.6 Å². The highest BCUT2D eigenvalue weighted by molar-refractivity contribution is 5.75. The normalized spacial score (nSPS) is 11.6. The van der Waals surface area contributed by atoms with Gasteiger partial charge in [-0.25, -0.2) is 13.8 Å². The molecule has 0 atom stereocenters. The SMILES string of the molecule is CC(C)CNCCn1cnc2cc(F)c(F)cc21. The number of aromatic nitrogens is 2. The Labute approximate surface area is 105 Å². The van der Waals surface area contributed by atoms with Gasteiger partial charge in [0.05, 0.1) is 17.4 Å². The maximum Gasteiger partial charge on any atom is 0.161 e. The average molecular weight is 253 g/mol. The predicted molar refractivity (Wildman–Crippen MR) is 67.4 cm³/mol. The first-order valence-corrected chi connectivity index (χ1v) is 6.08. The third-order valence-corrected chi connectivity index (χ3v) is 2.75. The Kier molecular flexibility index (Phi) is 3.91. The van der Waals surface area contributed by atoms with Gasteiger partial charge in [0.2, 0.25) is 0 Å². The Bertz CT molecular complexity index is 534. The van der Waals surface area contributed by atoms with Gasteiger partial charge in [-0.05, 0) is 12.5 Å². The number of imidazole rings is 1. The summed E-state index contributed by atoms with van der Waals surface area (Å²) in [6.07, 6.45) is 1.61. The first-order valence-electron chi connectivity index (χ1n) is 6.08. The van der Waals surface area contributed by atoms with E-state index in [4.69, 9.17) is 0 Å². The molecule has 2 aromatic rings. The summed E-state index contributed by atoms with van der Waals surface area (Å²) in [6, 6.07) is 2.32. The smallest absolute Gasteiger partial charge is 0.161 e. The molecule has 1 aromatic carbocycles. The minimum absolute atomic E-state index is 0.484. The third kappa shape index (κ3) is 2.85. The summed E-state index contributed by atoms with van der Waals surface area (Å²) >= 11 is 0. The second-order valence-corrected chi connectivity index (χ2v) is 4.79. The zero-order chi connectivity index (χ0) is 13.1. The van der Waals surface area contributed by atoms with E-state index < -0.39 is 11.6 Å². The van der Waals surface area contributed by atoms with Gasteiger partial charge in [-0.15, -0.1) is 0 Å². The fourth-order valence-corrected chi connectivity index (χ4v) is 1.82. The lowest BCUT2D eigenvalue weighted by atomic mass is 10.2. The molecule has 0 aliphatic rings. The summed E-state index contributed by atoms with van der Waals surface area (Å²) in [5.41, 5.74) is 1.11. The zero-order valence-electron chi connectivity index (χ0n) is 10.6. The van der Waals surface area contributed by atoms with Gasteiger partial charge in [0, 0.05) is 25.2 Å². The van der Waals surface area contributed by atoms with Crippen molar-refractivity contribution in [3.63, 3.8) is 0 Å². The Morgan fingerprint density at radius 1 is 1.28 bits per heavy atom. The van der Waals surface area contributed by atoms with Crippen LogP contribution in [0.5, 0.6) is 0 Å². The van der Waals surface area contributed by atoms with E-state index in [0.717, 1.165) is 19.2 Å². The van der Waals surface area contributed by atoms with Crippen molar-refractivity contribution in [1.82, 2.24) is 14.9 Å². The number of hydrogen-bond acceptors (Lipinski definition) is 2. The molecule has 0 bridgehead atoms. The maximum atomic E-state index is 13.2. The van der Waals surface area contributed by atoms with Crippen LogP contribution in [0.2, 0.25) is 0 Å². The van der Waals surface area contributed by atoms with E-state index in [9.17, 15) is 8.78 Å². The molecule has 3 nitrogen and oxygen atoms in total. The number of nitrogens with one attached hydrogen (secondary N) is 1. The molecule has 0 aliphatic carbocycles. The molecule has 2 rings (SSSR count). The molecule has 1 aromatic heterocycles. The largest absolute Gasteiger partial charge is 0.329 e. The highest BCUT2D eigenvalue weighted by Crippen LogP contribution is 2.17. The molecule has 0 aliphatic heterocycles. The van der Waals surface area contributed by atoms with Crippen LogP contribution in [0.25, 0.3) is 11.0 Å². The summed E-state index contributed by atoms with van der Waals surface area (Å²) in [7, 11) is 0. The number of halogens is 2. The Balaban J connectivity index is 2.07. The molecule has 0 spiro atoms. The van der Waals surface area contributed by atoms with Gasteiger partial charge in [-0.1, -0.05) is 13.8 Å².